The molecule has 186 valence electrons. The number of hydrogen-bond acceptors (Lipinski definition) is 3. The highest BCUT2D eigenvalue weighted by Crippen LogP contribution is 2.46. The molecule has 3 aliphatic rings. The first-order chi connectivity index (χ1) is 15.8. The first-order valence-electron chi connectivity index (χ1n) is 13.1. The summed E-state index contributed by atoms with van der Waals surface area (Å²) in [4.78, 5) is 13.3. The van der Waals surface area contributed by atoms with E-state index in [1.165, 1.54) is 32.1 Å². The van der Waals surface area contributed by atoms with E-state index < -0.39 is 0 Å². The molecule has 3 fully saturated rings. The monoisotopic (exact) mass is 465 g/mol. The smallest absolute Gasteiger partial charge is 0.202 e. The third-order valence-electron chi connectivity index (χ3n) is 8.27. The van der Waals surface area contributed by atoms with E-state index in [-0.39, 0.29) is 28.9 Å². The molecule has 0 radical (unpaired) electrons. The van der Waals surface area contributed by atoms with Crippen LogP contribution in [0.2, 0.25) is 0 Å². The number of aromatic hydroxyl groups is 1. The summed E-state index contributed by atoms with van der Waals surface area (Å²) < 4.78 is 3.74. The summed E-state index contributed by atoms with van der Waals surface area (Å²) in [5.41, 5.74) is 2.01. The van der Waals surface area contributed by atoms with Gasteiger partial charge in [-0.05, 0) is 66.4 Å². The van der Waals surface area contributed by atoms with Crippen LogP contribution in [0.15, 0.2) is 24.5 Å². The Labute approximate surface area is 204 Å². The number of aryl methyl sites for hydroxylation is 1. The molecule has 0 amide bonds. The lowest BCUT2D eigenvalue weighted by Gasteiger charge is -2.42. The molecule has 1 aromatic heterocycles. The molecular weight excluding hydrogens is 422 g/mol. The molecule has 0 saturated heterocycles. The molecule has 1 unspecified atom stereocenters. The zero-order valence-corrected chi connectivity index (χ0v) is 21.9. The highest BCUT2D eigenvalue weighted by molar-refractivity contribution is 5.96. The van der Waals surface area contributed by atoms with E-state index in [1.54, 1.807) is 4.57 Å². The number of carbonyl (C=O) groups excluding carboxylic acids is 1. The third-order valence-corrected chi connectivity index (χ3v) is 8.27. The summed E-state index contributed by atoms with van der Waals surface area (Å²) in [5, 5.41) is 19.6. The van der Waals surface area contributed by atoms with Crippen molar-refractivity contribution in [2.75, 3.05) is 0 Å². The number of rotatable bonds is 6. The number of imidazole rings is 1. The Kier molecular flexibility index (Phi) is 6.61. The van der Waals surface area contributed by atoms with Crippen molar-refractivity contribution in [3.8, 4) is 5.75 Å². The maximum absolute atomic E-state index is 13.3. The van der Waals surface area contributed by atoms with Crippen molar-refractivity contribution in [2.24, 2.45) is 17.8 Å². The van der Waals surface area contributed by atoms with Gasteiger partial charge in [-0.25, -0.2) is 0 Å². The minimum Gasteiger partial charge on any atom is -0.507 e. The van der Waals surface area contributed by atoms with Crippen LogP contribution in [0, 0.1) is 23.2 Å². The minimum absolute atomic E-state index is 0.0307. The van der Waals surface area contributed by atoms with Gasteiger partial charge in [0.15, 0.2) is 5.78 Å². The molecule has 34 heavy (non-hydrogen) atoms. The second-order valence-corrected chi connectivity index (χ2v) is 12.9. The Morgan fingerprint density at radius 3 is 2.03 bits per heavy atom. The van der Waals surface area contributed by atoms with Crippen LogP contribution in [-0.4, -0.2) is 20.0 Å². The number of Topliss-reactive ketones (excluding diaryl/α,β-unsaturated/α-hetero) is 1. The summed E-state index contributed by atoms with van der Waals surface area (Å²) in [7, 11) is 0. The van der Waals surface area contributed by atoms with Crippen LogP contribution in [-0.2, 0) is 23.9 Å². The number of nitrogens with zero attached hydrogens (tertiary/aromatic N) is 2. The molecule has 5 nitrogen and oxygen atoms in total. The molecule has 3 aliphatic carbocycles. The van der Waals surface area contributed by atoms with E-state index in [0.717, 1.165) is 41.8 Å². The average Bonchev–Trinajstić information content (AvgIpc) is 3.10. The molecule has 5 heteroatoms. The van der Waals surface area contributed by atoms with E-state index >= 15 is 0 Å². The predicted molar refractivity (Wildman–Crippen MR) is 136 cm³/mol. The Bertz CT molecular complexity index is 1070. The molecule has 0 spiro atoms. The second kappa shape index (κ2) is 9.05. The largest absolute Gasteiger partial charge is 0.507 e. The third kappa shape index (κ3) is 5.04. The summed E-state index contributed by atoms with van der Waals surface area (Å²) in [6.07, 6.45) is 11.9. The predicted octanol–water partition coefficient (Wildman–Crippen LogP) is 6.17. The molecule has 5 rings (SSSR count). The molecule has 2 N–H and O–H groups in total. The number of nitrogens with one attached hydrogen (secondary N) is 1. The zero-order chi connectivity index (χ0) is 24.8. The van der Waals surface area contributed by atoms with Gasteiger partial charge >= 0.3 is 0 Å². The Morgan fingerprint density at radius 1 is 0.971 bits per heavy atom. The fourth-order valence-electron chi connectivity index (χ4n) is 6.13. The highest BCUT2D eigenvalue weighted by atomic mass is 16.3. The van der Waals surface area contributed by atoms with Crippen molar-refractivity contribution in [3.05, 3.63) is 46.8 Å². The molecule has 1 heterocycles. The molecular formula is C29H43N3O2. The van der Waals surface area contributed by atoms with Crippen LogP contribution >= 0.6 is 0 Å². The van der Waals surface area contributed by atoms with E-state index in [1.807, 2.05) is 29.1 Å². The van der Waals surface area contributed by atoms with Gasteiger partial charge in [-0.1, -0.05) is 54.4 Å². The van der Waals surface area contributed by atoms with Gasteiger partial charge in [0.2, 0.25) is 5.62 Å². The number of phenolic OH excluding ortho intramolecular Hbond substituents is 1. The number of aromatic nitrogens is 2. The normalized spacial score (nSPS) is 22.8. The maximum atomic E-state index is 13.3. The maximum Gasteiger partial charge on any atom is 0.202 e. The van der Waals surface area contributed by atoms with E-state index in [0.29, 0.717) is 11.2 Å². The summed E-state index contributed by atoms with van der Waals surface area (Å²) >= 11 is 0. The number of fused-ring (bicyclic) bond motifs is 3. The summed E-state index contributed by atoms with van der Waals surface area (Å²) in [6.45, 7) is 13.3. The van der Waals surface area contributed by atoms with E-state index in [4.69, 9.17) is 5.41 Å². The van der Waals surface area contributed by atoms with Crippen molar-refractivity contribution < 1.29 is 9.90 Å². The van der Waals surface area contributed by atoms with Crippen molar-refractivity contribution in [1.82, 2.24) is 9.13 Å². The molecule has 2 bridgehead atoms. The first-order valence-corrected chi connectivity index (χ1v) is 13.1. The van der Waals surface area contributed by atoms with Gasteiger partial charge < -0.3 is 14.2 Å². The standard InChI is InChI=1S/C29H43N3O2/c1-28(2,3)23-16-22(17-24(26(23)34)29(4,5)6)25(33)18-32-14-13-31(27(32)30)12-11-21-15-19-7-9-20(21)10-8-19/h13-14,16-17,19-21,30,34H,7-12,15,18H2,1-6H3. The fourth-order valence-corrected chi connectivity index (χ4v) is 6.13. The average molecular weight is 466 g/mol. The van der Waals surface area contributed by atoms with Crippen LogP contribution in [0.25, 0.3) is 0 Å². The lowest BCUT2D eigenvalue weighted by molar-refractivity contribution is 0.0894. The van der Waals surface area contributed by atoms with Gasteiger partial charge in [-0.15, -0.1) is 0 Å². The van der Waals surface area contributed by atoms with Crippen molar-refractivity contribution in [2.45, 2.75) is 104 Å². The lowest BCUT2D eigenvalue weighted by Crippen LogP contribution is -2.33. The summed E-state index contributed by atoms with van der Waals surface area (Å²) in [6, 6.07) is 3.68. The number of hydrogen-bond donors (Lipinski definition) is 2. The summed E-state index contributed by atoms with van der Waals surface area (Å²) in [5.74, 6) is 2.86. The van der Waals surface area contributed by atoms with Crippen LogP contribution in [0.1, 0.15) is 102 Å². The molecule has 2 aromatic rings. The Morgan fingerprint density at radius 2 is 1.53 bits per heavy atom. The van der Waals surface area contributed by atoms with Gasteiger partial charge in [0.05, 0.1) is 6.54 Å². The number of phenols is 1. The van der Waals surface area contributed by atoms with Crippen LogP contribution in [0.5, 0.6) is 5.75 Å². The van der Waals surface area contributed by atoms with Gasteiger partial charge in [-0.3, -0.25) is 10.2 Å². The first kappa shape index (κ1) is 24.8. The number of ketones is 1. The van der Waals surface area contributed by atoms with Crippen LogP contribution in [0.3, 0.4) is 0 Å². The molecule has 1 atom stereocenters. The van der Waals surface area contributed by atoms with Crippen molar-refractivity contribution >= 4 is 5.78 Å². The van der Waals surface area contributed by atoms with Gasteiger partial charge in [0, 0.05) is 35.6 Å². The van der Waals surface area contributed by atoms with Gasteiger partial charge in [-0.2, -0.15) is 0 Å². The Balaban J connectivity index is 1.51. The zero-order valence-electron chi connectivity index (χ0n) is 21.9. The van der Waals surface area contributed by atoms with E-state index in [2.05, 4.69) is 41.5 Å². The lowest BCUT2D eigenvalue weighted by atomic mass is 9.64. The fraction of sp³-hybridized carbons (Fsp3) is 0.655. The SMILES string of the molecule is CC(C)(C)c1cc(C(=O)Cn2ccn(CCC3CC4CCC3CC4)c2=N)cc(C(C)(C)C)c1O. The molecule has 1 aromatic carbocycles. The Hall–Kier alpha value is -2.30. The quantitative estimate of drug-likeness (QED) is 0.501. The number of carbonyl (C=O) groups is 1. The van der Waals surface area contributed by atoms with Crippen LogP contribution < -0.4 is 5.62 Å². The topological polar surface area (TPSA) is 71.0 Å². The second-order valence-electron chi connectivity index (χ2n) is 12.9. The van der Waals surface area contributed by atoms with Crippen molar-refractivity contribution in [3.63, 3.8) is 0 Å². The van der Waals surface area contributed by atoms with Crippen LogP contribution in [0.4, 0.5) is 0 Å². The molecule has 0 aliphatic heterocycles. The van der Waals surface area contributed by atoms with E-state index in [9.17, 15) is 9.90 Å². The minimum atomic E-state index is -0.282. The molecule has 3 saturated carbocycles. The number of benzene rings is 1. The van der Waals surface area contributed by atoms with Gasteiger partial charge in [0.1, 0.15) is 5.75 Å². The highest BCUT2D eigenvalue weighted by Gasteiger charge is 2.35. The van der Waals surface area contributed by atoms with Crippen molar-refractivity contribution in [1.29, 1.82) is 5.41 Å². The van der Waals surface area contributed by atoms with Gasteiger partial charge in [0.25, 0.3) is 0 Å².